The maximum atomic E-state index is 10.5. The van der Waals surface area contributed by atoms with E-state index in [2.05, 4.69) is 4.74 Å². The minimum absolute atomic E-state index is 0. The minimum Gasteiger partial charge on any atom is -0.491 e. The first-order chi connectivity index (χ1) is 4.66. The van der Waals surface area contributed by atoms with Crippen LogP contribution in [0.2, 0.25) is 0 Å². The molecule has 0 fully saturated rings. The van der Waals surface area contributed by atoms with Crippen LogP contribution in [0.25, 0.3) is 0 Å². The van der Waals surface area contributed by atoms with Crippen molar-refractivity contribution in [3.63, 3.8) is 0 Å². The Morgan fingerprint density at radius 3 is 2.45 bits per heavy atom. The molecule has 0 heterocycles. The zero-order chi connectivity index (χ0) is 7.98. The maximum absolute atomic E-state index is 10.5. The third-order valence-electron chi connectivity index (χ3n) is 1.09. The van der Waals surface area contributed by atoms with Crippen molar-refractivity contribution in [2.24, 2.45) is 0 Å². The van der Waals surface area contributed by atoms with Crippen LogP contribution in [0.15, 0.2) is 0 Å². The van der Waals surface area contributed by atoms with Crippen molar-refractivity contribution < 1.29 is 30.6 Å². The van der Waals surface area contributed by atoms with E-state index in [1.165, 1.54) is 7.11 Å². The average Bonchev–Trinajstić information content (AvgIpc) is 1.87. The quantitative estimate of drug-likeness (QED) is 0.550. The normalized spacial score (nSPS) is 8.73. The number of ether oxygens (including phenoxy) is 1. The van der Waals surface area contributed by atoms with Gasteiger partial charge in [0.1, 0.15) is 0 Å². The number of hydrogen-bond acceptors (Lipinski definition) is 3. The molecule has 3 nitrogen and oxygen atoms in total. The maximum Gasteiger partial charge on any atom is 0.166 e. The van der Waals surface area contributed by atoms with Crippen LogP contribution < -0.4 is 0 Å². The summed E-state index contributed by atoms with van der Waals surface area (Å²) >= 11 is 0. The van der Waals surface area contributed by atoms with E-state index in [1.807, 2.05) is 19.0 Å². The first kappa shape index (κ1) is 13.6. The molecule has 0 aromatic carbocycles. The molecule has 0 aromatic heterocycles. The van der Waals surface area contributed by atoms with Crippen molar-refractivity contribution in [3.05, 3.63) is 6.42 Å². The van der Waals surface area contributed by atoms with Gasteiger partial charge in [0.2, 0.25) is 0 Å². The zero-order valence-corrected chi connectivity index (χ0v) is 10.1. The van der Waals surface area contributed by atoms with E-state index in [4.69, 9.17) is 0 Å². The third-order valence-corrected chi connectivity index (χ3v) is 1.09. The van der Waals surface area contributed by atoms with E-state index in [1.54, 1.807) is 6.42 Å². The van der Waals surface area contributed by atoms with E-state index in [0.29, 0.717) is 0 Å². The number of rotatable bonds is 4. The van der Waals surface area contributed by atoms with Crippen LogP contribution in [0.3, 0.4) is 0 Å². The van der Waals surface area contributed by atoms with Crippen LogP contribution in [0.1, 0.15) is 6.42 Å². The number of nitrogens with zero attached hydrogens (tertiary/aromatic N) is 1. The fourth-order valence-corrected chi connectivity index (χ4v) is 0.524. The van der Waals surface area contributed by atoms with Gasteiger partial charge in [-0.1, -0.05) is 0 Å². The molecule has 0 spiro atoms. The minimum atomic E-state index is -0.248. The molecule has 0 saturated heterocycles. The smallest absolute Gasteiger partial charge is 0.166 e. The van der Waals surface area contributed by atoms with E-state index in [-0.39, 0.29) is 27.0 Å². The predicted molar refractivity (Wildman–Crippen MR) is 39.5 cm³/mol. The predicted octanol–water partition coefficient (Wildman–Crippen LogP) is 0.313. The van der Waals surface area contributed by atoms with Gasteiger partial charge in [-0.05, 0) is 20.6 Å². The Hall–Kier alpha value is -0.0117. The molecule has 4 heteroatoms. The molecule has 0 aromatic rings. The standard InChI is InChI=1S/C7H14NO2.W/c1-8(2)6-4-5-7(9)10-3;/h5H,4,6H2,1-3H3;/q-1;. The second-order valence-electron chi connectivity index (χ2n) is 2.32. The number of carbonyl (C=O) groups excluding carboxylic acids is 1. The Labute approximate surface area is 82.4 Å². The molecule has 0 aliphatic rings. The molecule has 66 valence electrons. The van der Waals surface area contributed by atoms with Gasteiger partial charge in [-0.25, -0.2) is 0 Å². The van der Waals surface area contributed by atoms with Crippen molar-refractivity contribution in [2.45, 2.75) is 6.42 Å². The summed E-state index contributed by atoms with van der Waals surface area (Å²) in [6, 6.07) is 0. The van der Waals surface area contributed by atoms with Crippen LogP contribution in [0.5, 0.6) is 0 Å². The molecule has 11 heavy (non-hydrogen) atoms. The van der Waals surface area contributed by atoms with Gasteiger partial charge in [0.05, 0.1) is 7.11 Å². The molecule has 0 N–H and O–H groups in total. The zero-order valence-electron chi connectivity index (χ0n) is 7.16. The van der Waals surface area contributed by atoms with Gasteiger partial charge in [0.15, 0.2) is 5.97 Å². The second-order valence-corrected chi connectivity index (χ2v) is 2.32. The van der Waals surface area contributed by atoms with Gasteiger partial charge in [0.25, 0.3) is 0 Å². The van der Waals surface area contributed by atoms with E-state index in [0.717, 1.165) is 13.0 Å². The number of hydrogen-bond donors (Lipinski definition) is 0. The first-order valence-corrected chi connectivity index (χ1v) is 3.22. The monoisotopic (exact) mass is 328 g/mol. The molecule has 0 rings (SSSR count). The van der Waals surface area contributed by atoms with Gasteiger partial charge in [-0.15, -0.1) is 6.42 Å². The van der Waals surface area contributed by atoms with Crippen LogP contribution >= 0.6 is 0 Å². The van der Waals surface area contributed by atoms with E-state index in [9.17, 15) is 4.79 Å². The van der Waals surface area contributed by atoms with Crippen LogP contribution in [0.4, 0.5) is 0 Å². The van der Waals surface area contributed by atoms with Crippen molar-refractivity contribution in [1.29, 1.82) is 0 Å². The second kappa shape index (κ2) is 8.09. The summed E-state index contributed by atoms with van der Waals surface area (Å²) in [4.78, 5) is 12.5. The molecule has 0 aliphatic carbocycles. The van der Waals surface area contributed by atoms with Crippen molar-refractivity contribution in [1.82, 2.24) is 4.90 Å². The van der Waals surface area contributed by atoms with E-state index < -0.39 is 0 Å². The summed E-state index contributed by atoms with van der Waals surface area (Å²) in [6.07, 6.45) is 2.29. The Morgan fingerprint density at radius 1 is 1.55 bits per heavy atom. The van der Waals surface area contributed by atoms with Crippen molar-refractivity contribution >= 4 is 5.97 Å². The third kappa shape index (κ3) is 9.99. The molecular weight excluding hydrogens is 314 g/mol. The van der Waals surface area contributed by atoms with Gasteiger partial charge in [-0.3, -0.25) is 11.2 Å². The molecule has 0 radical (unpaired) electrons. The van der Waals surface area contributed by atoms with Gasteiger partial charge < -0.3 is 9.64 Å². The summed E-state index contributed by atoms with van der Waals surface area (Å²) in [6.45, 7) is 0.884. The average molecular weight is 328 g/mol. The molecule has 0 amide bonds. The summed E-state index contributed by atoms with van der Waals surface area (Å²) < 4.78 is 4.42. The number of esters is 1. The first-order valence-electron chi connectivity index (χ1n) is 3.22. The molecule has 0 atom stereocenters. The van der Waals surface area contributed by atoms with Crippen molar-refractivity contribution in [2.75, 3.05) is 27.7 Å². The summed E-state index contributed by atoms with van der Waals surface area (Å²) in [5.41, 5.74) is 0. The Morgan fingerprint density at radius 2 is 2.09 bits per heavy atom. The van der Waals surface area contributed by atoms with Crippen LogP contribution in [-0.2, 0) is 30.6 Å². The van der Waals surface area contributed by atoms with E-state index >= 15 is 0 Å². The Kier molecular flexibility index (Phi) is 9.98. The summed E-state index contributed by atoms with van der Waals surface area (Å²) in [7, 11) is 5.31. The molecule has 0 saturated carbocycles. The van der Waals surface area contributed by atoms with Gasteiger partial charge in [-0.2, -0.15) is 0 Å². The van der Waals surface area contributed by atoms with Gasteiger partial charge in [0, 0.05) is 21.1 Å². The Balaban J connectivity index is 0. The SMILES string of the molecule is COC(=O)[CH-]CCN(C)C.[W]. The van der Waals surface area contributed by atoms with Crippen LogP contribution in [0, 0.1) is 6.42 Å². The van der Waals surface area contributed by atoms with Crippen LogP contribution in [-0.4, -0.2) is 38.6 Å². The molecular formula is C7H14NO2W-. The largest absolute Gasteiger partial charge is 0.491 e. The summed E-state index contributed by atoms with van der Waals surface area (Å²) in [5.74, 6) is -0.248. The molecule has 0 unspecified atom stereocenters. The van der Waals surface area contributed by atoms with Gasteiger partial charge >= 0.3 is 0 Å². The topological polar surface area (TPSA) is 29.5 Å². The molecule has 0 bridgehead atoms. The fraction of sp³-hybridized carbons (Fsp3) is 0.714. The van der Waals surface area contributed by atoms with Crippen molar-refractivity contribution in [3.8, 4) is 0 Å². The fourth-order valence-electron chi connectivity index (χ4n) is 0.524. The Bertz CT molecular complexity index is 107. The number of carbonyl (C=O) groups is 1. The summed E-state index contributed by atoms with van der Waals surface area (Å²) in [5, 5.41) is 0. The molecule has 0 aliphatic heterocycles. The number of methoxy groups -OCH3 is 1.